The molecule has 18 heavy (non-hydrogen) atoms. The van der Waals surface area contributed by atoms with E-state index in [4.69, 9.17) is 14.3 Å². The lowest BCUT2D eigenvalue weighted by Gasteiger charge is -2.34. The van der Waals surface area contributed by atoms with Gasteiger partial charge in [0.05, 0.1) is 25.5 Å². The van der Waals surface area contributed by atoms with Crippen molar-refractivity contribution in [3.8, 4) is 0 Å². The van der Waals surface area contributed by atoms with Gasteiger partial charge in [-0.05, 0) is 18.6 Å². The second-order valence-corrected chi connectivity index (χ2v) is 4.20. The largest absolute Gasteiger partial charge is 0.481 e. The second-order valence-electron chi connectivity index (χ2n) is 4.20. The van der Waals surface area contributed by atoms with Crippen LogP contribution in [0.25, 0.3) is 0 Å². The van der Waals surface area contributed by atoms with Crippen LogP contribution < -0.4 is 0 Å². The van der Waals surface area contributed by atoms with E-state index >= 15 is 0 Å². The molecule has 6 nitrogen and oxygen atoms in total. The zero-order chi connectivity index (χ0) is 13.0. The molecule has 1 saturated heterocycles. The van der Waals surface area contributed by atoms with Crippen molar-refractivity contribution in [2.45, 2.75) is 25.4 Å². The summed E-state index contributed by atoms with van der Waals surface area (Å²) in [5.41, 5.74) is 0. The summed E-state index contributed by atoms with van der Waals surface area (Å²) in [6, 6.07) is 3.34. The molecular formula is C12H15NO5. The van der Waals surface area contributed by atoms with Crippen LogP contribution in [-0.4, -0.2) is 41.1 Å². The van der Waals surface area contributed by atoms with Crippen LogP contribution >= 0.6 is 0 Å². The first kappa shape index (κ1) is 12.6. The lowest BCUT2D eigenvalue weighted by molar-refractivity contribution is -0.151. The van der Waals surface area contributed by atoms with Gasteiger partial charge in [-0.2, -0.15) is 0 Å². The lowest BCUT2D eigenvalue weighted by Crippen LogP contribution is -2.48. The molecular weight excluding hydrogens is 238 g/mol. The van der Waals surface area contributed by atoms with E-state index in [0.29, 0.717) is 25.3 Å². The number of carbonyl (C=O) groups is 2. The first-order valence-electron chi connectivity index (χ1n) is 5.78. The minimum atomic E-state index is -0.869. The Balaban J connectivity index is 2.00. The van der Waals surface area contributed by atoms with Gasteiger partial charge in [-0.3, -0.25) is 9.59 Å². The Kier molecular flexibility index (Phi) is 3.99. The minimum Gasteiger partial charge on any atom is -0.481 e. The fourth-order valence-corrected chi connectivity index (χ4v) is 1.98. The maximum Gasteiger partial charge on any atom is 0.303 e. The van der Waals surface area contributed by atoms with Crippen molar-refractivity contribution in [2.75, 3.05) is 13.2 Å². The van der Waals surface area contributed by atoms with Gasteiger partial charge in [0.2, 0.25) is 5.91 Å². The maximum absolute atomic E-state index is 11.8. The van der Waals surface area contributed by atoms with Gasteiger partial charge in [-0.15, -0.1) is 0 Å². The van der Waals surface area contributed by atoms with Crippen molar-refractivity contribution < 1.29 is 23.8 Å². The van der Waals surface area contributed by atoms with Crippen LogP contribution in [0, 0.1) is 0 Å². The highest BCUT2D eigenvalue weighted by Gasteiger charge is 2.29. The van der Waals surface area contributed by atoms with Crippen molar-refractivity contribution in [1.82, 2.24) is 4.90 Å². The van der Waals surface area contributed by atoms with Crippen LogP contribution in [0.4, 0.5) is 0 Å². The fraction of sp³-hybridized carbons (Fsp3) is 0.500. The Labute approximate surface area is 104 Å². The minimum absolute atomic E-state index is 0.0238. The van der Waals surface area contributed by atoms with Crippen molar-refractivity contribution in [2.24, 2.45) is 0 Å². The molecule has 1 aromatic heterocycles. The summed E-state index contributed by atoms with van der Waals surface area (Å²) in [5, 5.41) is 8.69. The number of nitrogens with zero attached hydrogens (tertiary/aromatic N) is 1. The predicted octanol–water partition coefficient (Wildman–Crippen LogP) is 0.872. The predicted molar refractivity (Wildman–Crippen MR) is 60.7 cm³/mol. The molecule has 1 atom stereocenters. The molecule has 1 fully saturated rings. The van der Waals surface area contributed by atoms with E-state index in [-0.39, 0.29) is 25.0 Å². The van der Waals surface area contributed by atoms with E-state index in [1.807, 2.05) is 0 Å². The van der Waals surface area contributed by atoms with Crippen molar-refractivity contribution in [3.05, 3.63) is 24.2 Å². The maximum atomic E-state index is 11.8. The topological polar surface area (TPSA) is 80.0 Å². The molecule has 0 saturated carbocycles. The third-order valence-corrected chi connectivity index (χ3v) is 2.89. The molecule has 2 heterocycles. The Morgan fingerprint density at radius 1 is 1.56 bits per heavy atom. The monoisotopic (exact) mass is 253 g/mol. The average molecular weight is 253 g/mol. The van der Waals surface area contributed by atoms with E-state index in [1.165, 1.54) is 0 Å². The molecule has 2 rings (SSSR count). The molecule has 0 aromatic carbocycles. The van der Waals surface area contributed by atoms with Gasteiger partial charge in [0, 0.05) is 6.42 Å². The molecule has 1 N–H and O–H groups in total. The van der Waals surface area contributed by atoms with Gasteiger partial charge in [0.25, 0.3) is 0 Å². The number of carboxylic acid groups (broad SMARTS) is 1. The summed E-state index contributed by atoms with van der Waals surface area (Å²) >= 11 is 0. The van der Waals surface area contributed by atoms with Gasteiger partial charge in [0.15, 0.2) is 0 Å². The number of furan rings is 1. The van der Waals surface area contributed by atoms with Gasteiger partial charge >= 0.3 is 5.97 Å². The van der Waals surface area contributed by atoms with Gasteiger partial charge in [-0.1, -0.05) is 0 Å². The molecule has 98 valence electrons. The Bertz CT molecular complexity index is 414. The summed E-state index contributed by atoms with van der Waals surface area (Å²) < 4.78 is 10.4. The van der Waals surface area contributed by atoms with E-state index in [1.54, 1.807) is 23.3 Å². The van der Waals surface area contributed by atoms with Crippen LogP contribution in [0.2, 0.25) is 0 Å². The number of amides is 1. The zero-order valence-corrected chi connectivity index (χ0v) is 9.87. The van der Waals surface area contributed by atoms with Crippen molar-refractivity contribution in [3.63, 3.8) is 0 Å². The summed E-state index contributed by atoms with van der Waals surface area (Å²) in [5.74, 6) is -0.315. The molecule has 1 unspecified atom stereocenters. The molecule has 0 bridgehead atoms. The highest BCUT2D eigenvalue weighted by atomic mass is 16.5. The van der Waals surface area contributed by atoms with E-state index in [0.717, 1.165) is 0 Å². The summed E-state index contributed by atoms with van der Waals surface area (Å²) in [6.07, 6.45) is 1.96. The number of carboxylic acids is 1. The third kappa shape index (κ3) is 3.10. The van der Waals surface area contributed by atoms with E-state index < -0.39 is 5.97 Å². The summed E-state index contributed by atoms with van der Waals surface area (Å²) in [7, 11) is 0. The molecule has 6 heteroatoms. The second kappa shape index (κ2) is 5.68. The molecule has 0 spiro atoms. The molecule has 1 amide bonds. The van der Waals surface area contributed by atoms with Crippen LogP contribution in [-0.2, 0) is 20.9 Å². The van der Waals surface area contributed by atoms with Gasteiger partial charge < -0.3 is 19.2 Å². The first-order chi connectivity index (χ1) is 8.66. The number of morpholine rings is 1. The first-order valence-corrected chi connectivity index (χ1v) is 5.78. The molecule has 1 aliphatic rings. The van der Waals surface area contributed by atoms with Gasteiger partial charge in [0.1, 0.15) is 12.4 Å². The van der Waals surface area contributed by atoms with Crippen molar-refractivity contribution in [1.29, 1.82) is 0 Å². The number of hydrogen-bond donors (Lipinski definition) is 1. The van der Waals surface area contributed by atoms with Gasteiger partial charge in [-0.25, -0.2) is 0 Å². The smallest absolute Gasteiger partial charge is 0.303 e. The molecule has 0 radical (unpaired) electrons. The number of carbonyl (C=O) groups excluding carboxylic acids is 1. The summed E-state index contributed by atoms with van der Waals surface area (Å²) in [4.78, 5) is 24.0. The molecule has 1 aromatic rings. The fourth-order valence-electron chi connectivity index (χ4n) is 1.98. The molecule has 1 aliphatic heterocycles. The quantitative estimate of drug-likeness (QED) is 0.842. The van der Waals surface area contributed by atoms with Crippen LogP contribution in [0.15, 0.2) is 22.8 Å². The normalized spacial score (nSPS) is 20.1. The Morgan fingerprint density at radius 2 is 2.39 bits per heavy atom. The number of ether oxygens (including phenoxy) is 1. The van der Waals surface area contributed by atoms with Crippen LogP contribution in [0.3, 0.4) is 0 Å². The zero-order valence-electron chi connectivity index (χ0n) is 9.87. The third-order valence-electron chi connectivity index (χ3n) is 2.89. The number of aliphatic carboxylic acids is 1. The van der Waals surface area contributed by atoms with Crippen LogP contribution in [0.5, 0.6) is 0 Å². The Morgan fingerprint density at radius 3 is 3.06 bits per heavy atom. The molecule has 0 aliphatic carbocycles. The highest BCUT2D eigenvalue weighted by Crippen LogP contribution is 2.17. The average Bonchev–Trinajstić information content (AvgIpc) is 2.82. The van der Waals surface area contributed by atoms with E-state index in [2.05, 4.69) is 0 Å². The van der Waals surface area contributed by atoms with E-state index in [9.17, 15) is 9.59 Å². The number of hydrogen-bond acceptors (Lipinski definition) is 4. The van der Waals surface area contributed by atoms with Crippen LogP contribution in [0.1, 0.15) is 18.6 Å². The lowest BCUT2D eigenvalue weighted by atomic mass is 10.1. The summed E-state index contributed by atoms with van der Waals surface area (Å²) in [6.45, 7) is 0.781. The number of rotatable bonds is 5. The van der Waals surface area contributed by atoms with Crippen molar-refractivity contribution >= 4 is 11.9 Å². The SMILES string of the molecule is O=C(O)CCC1COCC(=O)N1Cc1ccco1. The Hall–Kier alpha value is -1.82. The standard InChI is InChI=1S/C12H15NO5/c14-11-8-17-7-9(3-4-12(15)16)13(11)6-10-2-1-5-18-10/h1-2,5,9H,3-4,6-8H2,(H,15,16). The highest BCUT2D eigenvalue weighted by molar-refractivity contribution is 5.78.